The lowest BCUT2D eigenvalue weighted by atomic mass is 10.1. The Morgan fingerprint density at radius 3 is 2.39 bits per heavy atom. The zero-order chi connectivity index (χ0) is 22.1. The molecule has 1 aliphatic rings. The summed E-state index contributed by atoms with van der Waals surface area (Å²) in [5.41, 5.74) is 2.95. The molecule has 31 heavy (non-hydrogen) atoms. The van der Waals surface area contributed by atoms with E-state index in [-0.39, 0.29) is 5.91 Å². The number of guanidine groups is 1. The highest BCUT2D eigenvalue weighted by atomic mass is 16.7. The zero-order valence-corrected chi connectivity index (χ0v) is 18.6. The summed E-state index contributed by atoms with van der Waals surface area (Å²) in [5.74, 6) is 2.45. The number of amides is 1. The summed E-state index contributed by atoms with van der Waals surface area (Å²) in [4.78, 5) is 18.9. The van der Waals surface area contributed by atoms with Gasteiger partial charge in [0, 0.05) is 31.7 Å². The Hall–Kier alpha value is -3.22. The Balaban J connectivity index is 1.53. The lowest BCUT2D eigenvalue weighted by Crippen LogP contribution is -2.38. The smallest absolute Gasteiger partial charge is 0.253 e. The van der Waals surface area contributed by atoms with Crippen LogP contribution in [0.1, 0.15) is 42.3 Å². The Labute approximate surface area is 184 Å². The molecular formula is C24H32N4O3. The summed E-state index contributed by atoms with van der Waals surface area (Å²) >= 11 is 0. The number of carbonyl (C=O) groups is 1. The third-order valence-electron chi connectivity index (χ3n) is 5.16. The van der Waals surface area contributed by atoms with Gasteiger partial charge in [-0.1, -0.05) is 18.2 Å². The fraction of sp³-hybridized carbons (Fsp3) is 0.417. The maximum Gasteiger partial charge on any atom is 0.253 e. The molecule has 2 N–H and O–H groups in total. The molecule has 0 atom stereocenters. The van der Waals surface area contributed by atoms with Gasteiger partial charge < -0.3 is 25.0 Å². The van der Waals surface area contributed by atoms with E-state index in [0.29, 0.717) is 32.0 Å². The summed E-state index contributed by atoms with van der Waals surface area (Å²) in [5, 5.41) is 6.65. The predicted molar refractivity (Wildman–Crippen MR) is 123 cm³/mol. The van der Waals surface area contributed by atoms with Gasteiger partial charge in [-0.2, -0.15) is 0 Å². The van der Waals surface area contributed by atoms with E-state index in [1.807, 2.05) is 62.1 Å². The maximum atomic E-state index is 12.4. The second-order valence-corrected chi connectivity index (χ2v) is 7.23. The molecule has 7 nitrogen and oxygen atoms in total. The lowest BCUT2D eigenvalue weighted by molar-refractivity contribution is 0.0773. The first-order chi connectivity index (χ1) is 15.1. The molecule has 0 fully saturated rings. The average Bonchev–Trinajstić information content (AvgIpc) is 3.26. The quantitative estimate of drug-likeness (QED) is 0.478. The molecule has 1 aliphatic heterocycles. The maximum absolute atomic E-state index is 12.4. The minimum atomic E-state index is 0.0681. The summed E-state index contributed by atoms with van der Waals surface area (Å²) in [6.07, 6.45) is 0.850. The number of ether oxygens (including phenoxy) is 2. The first-order valence-corrected chi connectivity index (χ1v) is 10.9. The molecule has 166 valence electrons. The number of carbonyl (C=O) groups excluding carboxylic acids is 1. The van der Waals surface area contributed by atoms with Gasteiger partial charge in [-0.15, -0.1) is 0 Å². The molecule has 2 aromatic carbocycles. The number of benzene rings is 2. The van der Waals surface area contributed by atoms with Gasteiger partial charge in [-0.25, -0.2) is 4.99 Å². The number of nitrogens with one attached hydrogen (secondary N) is 2. The molecule has 1 heterocycles. The standard InChI is InChI=1S/C24H32N4O3/c1-4-25-24(26-14-13-18-9-12-21-22(15-18)31-17-30-21)27-16-19-7-10-20(11-8-19)23(29)28(5-2)6-3/h7-12,15H,4-6,13-14,16-17H2,1-3H3,(H2,25,26,27). The lowest BCUT2D eigenvalue weighted by Gasteiger charge is -2.18. The average molecular weight is 425 g/mol. The van der Waals surface area contributed by atoms with E-state index >= 15 is 0 Å². The fourth-order valence-electron chi connectivity index (χ4n) is 3.38. The van der Waals surface area contributed by atoms with Crippen molar-refractivity contribution in [1.29, 1.82) is 0 Å². The first-order valence-electron chi connectivity index (χ1n) is 10.9. The molecule has 0 radical (unpaired) electrons. The minimum absolute atomic E-state index is 0.0681. The van der Waals surface area contributed by atoms with E-state index in [1.54, 1.807) is 0 Å². The van der Waals surface area contributed by atoms with E-state index in [4.69, 9.17) is 9.47 Å². The van der Waals surface area contributed by atoms with E-state index in [2.05, 4.69) is 21.7 Å². The van der Waals surface area contributed by atoms with Gasteiger partial charge in [0.05, 0.1) is 6.54 Å². The van der Waals surface area contributed by atoms with Crippen molar-refractivity contribution in [3.05, 3.63) is 59.2 Å². The highest BCUT2D eigenvalue weighted by Crippen LogP contribution is 2.32. The molecule has 0 spiro atoms. The molecule has 3 rings (SSSR count). The molecule has 7 heteroatoms. The van der Waals surface area contributed by atoms with Crippen molar-refractivity contribution < 1.29 is 14.3 Å². The van der Waals surface area contributed by atoms with Crippen LogP contribution in [-0.4, -0.2) is 49.7 Å². The number of rotatable bonds is 9. The zero-order valence-electron chi connectivity index (χ0n) is 18.6. The van der Waals surface area contributed by atoms with Gasteiger partial charge in [0.1, 0.15) is 0 Å². The van der Waals surface area contributed by atoms with Crippen LogP contribution in [-0.2, 0) is 13.0 Å². The molecular weight excluding hydrogens is 392 g/mol. The van der Waals surface area contributed by atoms with Crippen LogP contribution in [0.25, 0.3) is 0 Å². The normalized spacial score (nSPS) is 12.5. The first kappa shape index (κ1) is 22.5. The second kappa shape index (κ2) is 11.2. The van der Waals surface area contributed by atoms with Gasteiger partial charge in [-0.05, 0) is 62.6 Å². The fourth-order valence-corrected chi connectivity index (χ4v) is 3.38. The number of aliphatic imine (C=N–C) groups is 1. The summed E-state index contributed by atoms with van der Waals surface area (Å²) in [7, 11) is 0. The van der Waals surface area contributed by atoms with Crippen molar-refractivity contribution in [3.8, 4) is 11.5 Å². The van der Waals surface area contributed by atoms with Crippen LogP contribution in [0.4, 0.5) is 0 Å². The van der Waals surface area contributed by atoms with Gasteiger partial charge in [0.2, 0.25) is 6.79 Å². The van der Waals surface area contributed by atoms with Crippen molar-refractivity contribution in [2.45, 2.75) is 33.7 Å². The number of nitrogens with zero attached hydrogens (tertiary/aromatic N) is 2. The second-order valence-electron chi connectivity index (χ2n) is 7.23. The number of hydrogen-bond acceptors (Lipinski definition) is 4. The summed E-state index contributed by atoms with van der Waals surface area (Å²) < 4.78 is 10.8. The van der Waals surface area contributed by atoms with Crippen molar-refractivity contribution >= 4 is 11.9 Å². The molecule has 0 aromatic heterocycles. The molecule has 1 amide bonds. The third-order valence-corrected chi connectivity index (χ3v) is 5.16. The highest BCUT2D eigenvalue weighted by molar-refractivity contribution is 5.94. The van der Waals surface area contributed by atoms with Gasteiger partial charge >= 0.3 is 0 Å². The number of hydrogen-bond donors (Lipinski definition) is 2. The Morgan fingerprint density at radius 1 is 0.968 bits per heavy atom. The topological polar surface area (TPSA) is 75.2 Å². The predicted octanol–water partition coefficient (Wildman–Crippen LogP) is 3.20. The molecule has 0 saturated carbocycles. The van der Waals surface area contributed by atoms with Crippen LogP contribution in [0.5, 0.6) is 11.5 Å². The monoisotopic (exact) mass is 424 g/mol. The number of fused-ring (bicyclic) bond motifs is 1. The molecule has 0 bridgehead atoms. The Morgan fingerprint density at radius 2 is 1.68 bits per heavy atom. The van der Waals surface area contributed by atoms with Crippen LogP contribution in [0.2, 0.25) is 0 Å². The highest BCUT2D eigenvalue weighted by Gasteiger charge is 2.13. The van der Waals surface area contributed by atoms with E-state index in [9.17, 15) is 4.79 Å². The third kappa shape index (κ3) is 6.13. The van der Waals surface area contributed by atoms with Crippen molar-refractivity contribution in [2.24, 2.45) is 4.99 Å². The van der Waals surface area contributed by atoms with Crippen LogP contribution in [0.3, 0.4) is 0 Å². The van der Waals surface area contributed by atoms with Crippen LogP contribution >= 0.6 is 0 Å². The van der Waals surface area contributed by atoms with Gasteiger partial charge in [0.25, 0.3) is 5.91 Å². The van der Waals surface area contributed by atoms with Gasteiger partial charge in [-0.3, -0.25) is 4.79 Å². The molecule has 2 aromatic rings. The van der Waals surface area contributed by atoms with Crippen molar-refractivity contribution in [2.75, 3.05) is 33.0 Å². The Kier molecular flexibility index (Phi) is 8.15. The van der Waals surface area contributed by atoms with E-state index in [0.717, 1.165) is 42.5 Å². The minimum Gasteiger partial charge on any atom is -0.454 e. The molecule has 0 aliphatic carbocycles. The van der Waals surface area contributed by atoms with Crippen molar-refractivity contribution in [3.63, 3.8) is 0 Å². The van der Waals surface area contributed by atoms with Crippen LogP contribution in [0, 0.1) is 0 Å². The molecule has 0 unspecified atom stereocenters. The van der Waals surface area contributed by atoms with E-state index in [1.165, 1.54) is 5.56 Å². The van der Waals surface area contributed by atoms with Crippen LogP contribution in [0.15, 0.2) is 47.5 Å². The van der Waals surface area contributed by atoms with E-state index < -0.39 is 0 Å². The Bertz CT molecular complexity index is 892. The molecule has 0 saturated heterocycles. The largest absolute Gasteiger partial charge is 0.454 e. The van der Waals surface area contributed by atoms with Crippen molar-refractivity contribution in [1.82, 2.24) is 15.5 Å². The summed E-state index contributed by atoms with van der Waals surface area (Å²) in [6.45, 7) is 9.83. The van der Waals surface area contributed by atoms with Gasteiger partial charge in [0.15, 0.2) is 17.5 Å². The summed E-state index contributed by atoms with van der Waals surface area (Å²) in [6, 6.07) is 13.7. The SMILES string of the molecule is CCNC(=NCc1ccc(C(=O)N(CC)CC)cc1)NCCc1ccc2c(c1)OCO2. The van der Waals surface area contributed by atoms with Crippen LogP contribution < -0.4 is 20.1 Å².